The summed E-state index contributed by atoms with van der Waals surface area (Å²) in [6, 6.07) is 10.4. The Hall–Kier alpha value is -2.73. The maximum absolute atomic E-state index is 13.3. The molecule has 6 heteroatoms. The van der Waals surface area contributed by atoms with Crippen LogP contribution >= 0.6 is 0 Å². The Kier molecular flexibility index (Phi) is 4.21. The van der Waals surface area contributed by atoms with Crippen LogP contribution in [0.2, 0.25) is 0 Å². The fraction of sp³-hybridized carbons (Fsp3) is 0.391. The summed E-state index contributed by atoms with van der Waals surface area (Å²) < 4.78 is 19.4. The number of hydrogen-bond donors (Lipinski definition) is 1. The Balaban J connectivity index is 1.59. The molecule has 1 aliphatic carbocycles. The maximum Gasteiger partial charge on any atom is 0.289 e. The first-order chi connectivity index (χ1) is 13.9. The van der Waals surface area contributed by atoms with Gasteiger partial charge in [-0.25, -0.2) is 9.37 Å². The number of furan rings is 1. The number of nitrogens with one attached hydrogen (secondary N) is 1. The highest BCUT2D eigenvalue weighted by Gasteiger charge is 2.42. The van der Waals surface area contributed by atoms with Crippen LogP contribution in [-0.2, 0) is 5.41 Å². The minimum absolute atomic E-state index is 0.0394. The van der Waals surface area contributed by atoms with E-state index in [0.717, 1.165) is 36.2 Å². The Labute approximate surface area is 168 Å². The Morgan fingerprint density at radius 3 is 2.72 bits per heavy atom. The molecule has 5 nitrogen and oxygen atoms in total. The van der Waals surface area contributed by atoms with Crippen LogP contribution in [0.15, 0.2) is 40.8 Å². The van der Waals surface area contributed by atoms with Crippen molar-refractivity contribution in [3.8, 4) is 11.3 Å². The third-order valence-electron chi connectivity index (χ3n) is 6.14. The van der Waals surface area contributed by atoms with E-state index in [1.165, 1.54) is 12.1 Å². The Bertz CT molecular complexity index is 1090. The van der Waals surface area contributed by atoms with Crippen LogP contribution in [0.5, 0.6) is 0 Å². The van der Waals surface area contributed by atoms with Gasteiger partial charge >= 0.3 is 0 Å². The topological polar surface area (TPSA) is 58.4 Å². The molecule has 3 aromatic rings. The van der Waals surface area contributed by atoms with Gasteiger partial charge in [0.1, 0.15) is 11.3 Å². The number of nitrogens with zero attached hydrogens (tertiary/aromatic N) is 2. The van der Waals surface area contributed by atoms with Gasteiger partial charge in [-0.1, -0.05) is 6.92 Å². The summed E-state index contributed by atoms with van der Waals surface area (Å²) in [6.07, 6.45) is 2.16. The first-order valence-corrected chi connectivity index (χ1v) is 10.2. The van der Waals surface area contributed by atoms with Crippen LogP contribution < -0.4 is 5.32 Å². The molecular formula is C23H24FN3O2. The minimum atomic E-state index is -0.273. The van der Waals surface area contributed by atoms with Gasteiger partial charge in [0, 0.05) is 42.9 Å². The lowest BCUT2D eigenvalue weighted by atomic mass is 9.96. The summed E-state index contributed by atoms with van der Waals surface area (Å²) in [5.41, 5.74) is 4.12. The average molecular weight is 393 g/mol. The Morgan fingerprint density at radius 2 is 2.03 bits per heavy atom. The van der Waals surface area contributed by atoms with Crippen LogP contribution in [-0.4, -0.2) is 41.5 Å². The van der Waals surface area contributed by atoms with Crippen LogP contribution in [0.3, 0.4) is 0 Å². The maximum atomic E-state index is 13.3. The zero-order valence-corrected chi connectivity index (χ0v) is 16.7. The van der Waals surface area contributed by atoms with Crippen molar-refractivity contribution >= 4 is 17.0 Å². The average Bonchev–Trinajstić information content (AvgIpc) is 3.32. The van der Waals surface area contributed by atoms with Crippen molar-refractivity contribution in [3.63, 3.8) is 0 Å². The lowest BCUT2D eigenvalue weighted by Gasteiger charge is -2.31. The third kappa shape index (κ3) is 3.31. The van der Waals surface area contributed by atoms with Gasteiger partial charge in [0.25, 0.3) is 5.91 Å². The van der Waals surface area contributed by atoms with E-state index in [1.807, 2.05) is 11.0 Å². The van der Waals surface area contributed by atoms with E-state index >= 15 is 0 Å². The molecule has 0 bridgehead atoms. The van der Waals surface area contributed by atoms with Crippen molar-refractivity contribution in [2.75, 3.05) is 19.6 Å². The summed E-state index contributed by atoms with van der Waals surface area (Å²) in [4.78, 5) is 19.6. The zero-order valence-electron chi connectivity index (χ0n) is 16.7. The van der Waals surface area contributed by atoms with Crippen molar-refractivity contribution in [2.45, 2.75) is 38.1 Å². The molecule has 5 rings (SSSR count). The van der Waals surface area contributed by atoms with Gasteiger partial charge in [-0.2, -0.15) is 0 Å². The number of pyridine rings is 1. The summed E-state index contributed by atoms with van der Waals surface area (Å²) in [5, 5.41) is 3.35. The van der Waals surface area contributed by atoms with E-state index in [9.17, 15) is 9.18 Å². The molecule has 3 heterocycles. The van der Waals surface area contributed by atoms with E-state index in [0.29, 0.717) is 29.9 Å². The second kappa shape index (κ2) is 6.66. The standard InChI is InChI=1S/C23H24FN3O2/c1-14-13-27(10-9-25-14)22(28)20-12-19-21(29-20)17(23(2)7-8-23)11-18(26-19)15-3-5-16(24)6-4-15/h3-6,11-12,14,25H,7-10,13H2,1-2H3/t14-/m0/s1. The molecule has 0 unspecified atom stereocenters. The second-order valence-electron chi connectivity index (χ2n) is 8.55. The Morgan fingerprint density at radius 1 is 1.28 bits per heavy atom. The van der Waals surface area contributed by atoms with E-state index in [2.05, 4.69) is 19.2 Å². The highest BCUT2D eigenvalue weighted by molar-refractivity contribution is 5.96. The van der Waals surface area contributed by atoms with E-state index < -0.39 is 0 Å². The summed E-state index contributed by atoms with van der Waals surface area (Å²) in [5.74, 6) is -0.0272. The highest BCUT2D eigenvalue weighted by atomic mass is 19.1. The summed E-state index contributed by atoms with van der Waals surface area (Å²) >= 11 is 0. The molecular weight excluding hydrogens is 369 g/mol. The number of hydrogen-bond acceptors (Lipinski definition) is 4. The number of amides is 1. The normalized spacial score (nSPS) is 20.8. The summed E-state index contributed by atoms with van der Waals surface area (Å²) in [7, 11) is 0. The predicted octanol–water partition coefficient (Wildman–Crippen LogP) is 4.12. The number of aromatic nitrogens is 1. The van der Waals surface area contributed by atoms with Crippen molar-refractivity contribution in [1.82, 2.24) is 15.2 Å². The highest BCUT2D eigenvalue weighted by Crippen LogP contribution is 2.50. The minimum Gasteiger partial charge on any atom is -0.449 e. The molecule has 0 spiro atoms. The number of piperazine rings is 1. The van der Waals surface area contributed by atoms with Gasteiger partial charge in [0.2, 0.25) is 0 Å². The van der Waals surface area contributed by atoms with E-state index in [4.69, 9.17) is 9.40 Å². The zero-order chi connectivity index (χ0) is 20.2. The molecule has 1 amide bonds. The second-order valence-corrected chi connectivity index (χ2v) is 8.55. The van der Waals surface area contributed by atoms with E-state index in [-0.39, 0.29) is 23.2 Å². The van der Waals surface area contributed by atoms with Crippen molar-refractivity contribution in [1.29, 1.82) is 0 Å². The molecule has 2 aliphatic rings. The fourth-order valence-electron chi connectivity index (χ4n) is 4.07. The number of halogens is 1. The van der Waals surface area contributed by atoms with Gasteiger partial charge in [-0.3, -0.25) is 4.79 Å². The van der Waals surface area contributed by atoms with Gasteiger partial charge in [-0.05, 0) is 55.5 Å². The van der Waals surface area contributed by atoms with Crippen LogP contribution in [0, 0.1) is 5.82 Å². The van der Waals surface area contributed by atoms with Crippen LogP contribution in [0.1, 0.15) is 42.8 Å². The lowest BCUT2D eigenvalue weighted by Crippen LogP contribution is -2.51. The van der Waals surface area contributed by atoms with Gasteiger partial charge < -0.3 is 14.6 Å². The SMILES string of the molecule is C[C@H]1CN(C(=O)c2cc3nc(-c4ccc(F)cc4)cc(C4(C)CC4)c3o2)CCN1. The van der Waals surface area contributed by atoms with Crippen LogP contribution in [0.4, 0.5) is 4.39 Å². The van der Waals surface area contributed by atoms with Crippen molar-refractivity contribution in [3.05, 3.63) is 53.5 Å². The molecule has 2 aromatic heterocycles. The number of carbonyl (C=O) groups is 1. The largest absolute Gasteiger partial charge is 0.449 e. The summed E-state index contributed by atoms with van der Waals surface area (Å²) in [6.45, 7) is 6.38. The van der Waals surface area contributed by atoms with Crippen molar-refractivity contribution in [2.24, 2.45) is 0 Å². The molecule has 0 radical (unpaired) electrons. The third-order valence-corrected chi connectivity index (χ3v) is 6.14. The molecule has 1 saturated heterocycles. The fourth-order valence-corrected chi connectivity index (χ4v) is 4.07. The number of rotatable bonds is 3. The monoisotopic (exact) mass is 393 g/mol. The van der Waals surface area contributed by atoms with Gasteiger partial charge in [0.15, 0.2) is 11.3 Å². The molecule has 1 aromatic carbocycles. The lowest BCUT2D eigenvalue weighted by molar-refractivity contribution is 0.0679. The predicted molar refractivity (Wildman–Crippen MR) is 109 cm³/mol. The van der Waals surface area contributed by atoms with Gasteiger partial charge in [-0.15, -0.1) is 0 Å². The number of benzene rings is 1. The first-order valence-electron chi connectivity index (χ1n) is 10.2. The smallest absolute Gasteiger partial charge is 0.289 e. The van der Waals surface area contributed by atoms with Crippen LogP contribution in [0.25, 0.3) is 22.4 Å². The molecule has 29 heavy (non-hydrogen) atoms. The molecule has 1 aliphatic heterocycles. The number of fused-ring (bicyclic) bond motifs is 1. The molecule has 1 N–H and O–H groups in total. The van der Waals surface area contributed by atoms with E-state index in [1.54, 1.807) is 18.2 Å². The van der Waals surface area contributed by atoms with Crippen molar-refractivity contribution < 1.29 is 13.6 Å². The molecule has 150 valence electrons. The molecule has 1 atom stereocenters. The molecule has 1 saturated carbocycles. The molecule has 2 fully saturated rings. The quantitative estimate of drug-likeness (QED) is 0.727. The first kappa shape index (κ1) is 18.3. The number of carbonyl (C=O) groups excluding carboxylic acids is 1. The van der Waals surface area contributed by atoms with Gasteiger partial charge in [0.05, 0.1) is 5.69 Å².